The highest BCUT2D eigenvalue weighted by Gasteiger charge is 2.08. The smallest absolute Gasteiger partial charge is 0.0867 e. The monoisotopic (exact) mass is 358 g/mol. The first-order chi connectivity index (χ1) is 13.1. The highest BCUT2D eigenvalue weighted by molar-refractivity contribution is 6.01. The second kappa shape index (κ2) is 8.58. The van der Waals surface area contributed by atoms with Crippen LogP contribution in [0.5, 0.6) is 0 Å². The molecule has 0 aliphatic rings. The zero-order valence-electron chi connectivity index (χ0n) is 16.5. The Hall–Kier alpha value is -3.01. The molecule has 1 aromatic carbocycles. The van der Waals surface area contributed by atoms with Crippen LogP contribution in [0.4, 0.5) is 5.69 Å². The maximum absolute atomic E-state index is 4.96. The lowest BCUT2D eigenvalue weighted by Crippen LogP contribution is -2.06. The molecular weight excluding hydrogens is 332 g/mol. The third-order valence-corrected chi connectivity index (χ3v) is 4.59. The fourth-order valence-electron chi connectivity index (χ4n) is 3.04. The van der Waals surface area contributed by atoms with Gasteiger partial charge in [0.1, 0.15) is 0 Å². The largest absolute Gasteiger partial charge is 0.251 e. The van der Waals surface area contributed by atoms with E-state index in [1.807, 2.05) is 56.6 Å². The summed E-state index contributed by atoms with van der Waals surface area (Å²) < 4.78 is 1.79. The molecule has 138 valence electrons. The fraction of sp³-hybridized carbons (Fsp3) is 0.261. The maximum atomic E-state index is 4.96. The molecule has 0 fully saturated rings. The molecular formula is C23H26N4. The second-order valence-corrected chi connectivity index (χ2v) is 6.49. The zero-order valence-corrected chi connectivity index (χ0v) is 16.5. The Kier molecular flexibility index (Phi) is 5.97. The van der Waals surface area contributed by atoms with Gasteiger partial charge < -0.3 is 0 Å². The predicted molar refractivity (Wildman–Crippen MR) is 113 cm³/mol. The summed E-state index contributed by atoms with van der Waals surface area (Å²) in [5.41, 5.74) is 7.15. The van der Waals surface area contributed by atoms with Gasteiger partial charge in [0.05, 0.1) is 28.5 Å². The Bertz CT molecular complexity index is 944. The van der Waals surface area contributed by atoms with Crippen LogP contribution < -0.4 is 0 Å². The minimum atomic E-state index is 0.857. The van der Waals surface area contributed by atoms with Gasteiger partial charge in [-0.2, -0.15) is 5.10 Å². The average molecular weight is 358 g/mol. The Morgan fingerprint density at radius 3 is 1.96 bits per heavy atom. The summed E-state index contributed by atoms with van der Waals surface area (Å²) in [6.45, 7) is 8.34. The number of aromatic nitrogens is 2. The molecule has 2 heterocycles. The van der Waals surface area contributed by atoms with Crippen molar-refractivity contribution in [2.75, 3.05) is 0 Å². The highest BCUT2D eigenvalue weighted by atomic mass is 15.3. The summed E-state index contributed by atoms with van der Waals surface area (Å²) in [5.74, 6) is 0. The van der Waals surface area contributed by atoms with E-state index in [1.54, 1.807) is 4.68 Å². The van der Waals surface area contributed by atoms with Crippen LogP contribution in [-0.2, 0) is 12.8 Å². The number of rotatable bonds is 6. The summed E-state index contributed by atoms with van der Waals surface area (Å²) in [5, 5.41) is 4.56. The Morgan fingerprint density at radius 2 is 1.37 bits per heavy atom. The zero-order chi connectivity index (χ0) is 19.2. The lowest BCUT2D eigenvalue weighted by molar-refractivity contribution is 0.884. The van der Waals surface area contributed by atoms with Crippen LogP contribution in [0.3, 0.4) is 0 Å². The summed E-state index contributed by atoms with van der Waals surface area (Å²) in [6, 6.07) is 16.3. The van der Waals surface area contributed by atoms with Gasteiger partial charge >= 0.3 is 0 Å². The molecule has 0 atom stereocenters. The topological polar surface area (TPSA) is 42.5 Å². The lowest BCUT2D eigenvalue weighted by Gasteiger charge is -2.10. The van der Waals surface area contributed by atoms with Crippen LogP contribution in [0.25, 0.3) is 0 Å². The van der Waals surface area contributed by atoms with Crippen molar-refractivity contribution in [1.29, 1.82) is 0 Å². The summed E-state index contributed by atoms with van der Waals surface area (Å²) >= 11 is 0. The van der Waals surface area contributed by atoms with Crippen molar-refractivity contribution in [3.05, 3.63) is 83.4 Å². The van der Waals surface area contributed by atoms with Crippen molar-refractivity contribution in [1.82, 2.24) is 9.66 Å². The van der Waals surface area contributed by atoms with Gasteiger partial charge in [-0.25, -0.2) is 9.66 Å². The van der Waals surface area contributed by atoms with E-state index in [2.05, 4.69) is 37.1 Å². The van der Waals surface area contributed by atoms with Crippen LogP contribution in [0.15, 0.2) is 71.0 Å². The number of hydrogen-bond donors (Lipinski definition) is 0. The number of nitrogens with zero attached hydrogens (tertiary/aromatic N) is 4. The SMILES string of the molecule is CCc1cccc(CC)c1/N=C(\C)c1cccc(/C(C)=N/n2cccc2)n1. The molecule has 4 nitrogen and oxygen atoms in total. The van der Waals surface area contributed by atoms with Gasteiger partial charge in [0.25, 0.3) is 0 Å². The third kappa shape index (κ3) is 4.40. The first kappa shape index (κ1) is 18.8. The number of para-hydroxylation sites is 1. The highest BCUT2D eigenvalue weighted by Crippen LogP contribution is 2.26. The number of aliphatic imine (C=N–C) groups is 1. The average Bonchev–Trinajstić information content (AvgIpc) is 3.21. The molecule has 2 aromatic heterocycles. The summed E-state index contributed by atoms with van der Waals surface area (Å²) in [6.07, 6.45) is 5.76. The summed E-state index contributed by atoms with van der Waals surface area (Å²) in [7, 11) is 0. The van der Waals surface area contributed by atoms with Gasteiger partial charge in [-0.05, 0) is 62.1 Å². The summed E-state index contributed by atoms with van der Waals surface area (Å²) in [4.78, 5) is 9.74. The number of pyridine rings is 1. The Labute approximate surface area is 161 Å². The van der Waals surface area contributed by atoms with Gasteiger partial charge in [-0.1, -0.05) is 38.1 Å². The van der Waals surface area contributed by atoms with Crippen molar-refractivity contribution in [2.24, 2.45) is 10.1 Å². The van der Waals surface area contributed by atoms with E-state index >= 15 is 0 Å². The molecule has 0 radical (unpaired) electrons. The lowest BCUT2D eigenvalue weighted by atomic mass is 10.0. The predicted octanol–water partition coefficient (Wildman–Crippen LogP) is 5.42. The van der Waals surface area contributed by atoms with E-state index in [4.69, 9.17) is 9.98 Å². The molecule has 0 saturated carbocycles. The molecule has 0 aliphatic heterocycles. The molecule has 3 aromatic rings. The quantitative estimate of drug-likeness (QED) is 0.542. The number of benzene rings is 1. The normalized spacial score (nSPS) is 12.4. The Balaban J connectivity index is 1.97. The van der Waals surface area contributed by atoms with Crippen molar-refractivity contribution in [2.45, 2.75) is 40.5 Å². The second-order valence-electron chi connectivity index (χ2n) is 6.49. The number of hydrogen-bond acceptors (Lipinski definition) is 3. The molecule has 4 heteroatoms. The fourth-order valence-corrected chi connectivity index (χ4v) is 3.04. The standard InChI is InChI=1S/C23H26N4/c1-5-19-11-9-12-20(6-2)23(19)24-17(3)21-13-10-14-22(25-21)18(4)26-27-15-7-8-16-27/h7-16H,5-6H2,1-4H3/b24-17+,26-18+. The van der Waals surface area contributed by atoms with Crippen LogP contribution in [0, 0.1) is 0 Å². The minimum absolute atomic E-state index is 0.857. The van der Waals surface area contributed by atoms with E-state index in [0.29, 0.717) is 0 Å². The molecule has 0 amide bonds. The van der Waals surface area contributed by atoms with Crippen molar-refractivity contribution in [3.8, 4) is 0 Å². The van der Waals surface area contributed by atoms with E-state index in [9.17, 15) is 0 Å². The molecule has 0 N–H and O–H groups in total. The van der Waals surface area contributed by atoms with Gasteiger partial charge in [-0.15, -0.1) is 0 Å². The van der Waals surface area contributed by atoms with Crippen LogP contribution >= 0.6 is 0 Å². The van der Waals surface area contributed by atoms with Gasteiger partial charge in [0, 0.05) is 12.4 Å². The van der Waals surface area contributed by atoms with Crippen molar-refractivity contribution in [3.63, 3.8) is 0 Å². The Morgan fingerprint density at radius 1 is 0.815 bits per heavy atom. The maximum Gasteiger partial charge on any atom is 0.0867 e. The van der Waals surface area contributed by atoms with E-state index in [-0.39, 0.29) is 0 Å². The first-order valence-electron chi connectivity index (χ1n) is 9.44. The molecule has 27 heavy (non-hydrogen) atoms. The van der Waals surface area contributed by atoms with E-state index < -0.39 is 0 Å². The molecule has 0 saturated heterocycles. The number of aryl methyl sites for hydroxylation is 2. The van der Waals surface area contributed by atoms with E-state index in [0.717, 1.165) is 41.3 Å². The molecule has 3 rings (SSSR count). The van der Waals surface area contributed by atoms with Gasteiger partial charge in [-0.3, -0.25) is 4.99 Å². The van der Waals surface area contributed by atoms with Crippen LogP contribution in [0.2, 0.25) is 0 Å². The van der Waals surface area contributed by atoms with Crippen molar-refractivity contribution >= 4 is 17.1 Å². The third-order valence-electron chi connectivity index (χ3n) is 4.59. The van der Waals surface area contributed by atoms with Gasteiger partial charge in [0.15, 0.2) is 0 Å². The van der Waals surface area contributed by atoms with Crippen LogP contribution in [0.1, 0.15) is 50.2 Å². The van der Waals surface area contributed by atoms with E-state index in [1.165, 1.54) is 11.1 Å². The first-order valence-corrected chi connectivity index (χ1v) is 9.44. The molecule has 0 aliphatic carbocycles. The molecule has 0 bridgehead atoms. The van der Waals surface area contributed by atoms with Crippen molar-refractivity contribution < 1.29 is 0 Å². The van der Waals surface area contributed by atoms with Gasteiger partial charge in [0.2, 0.25) is 0 Å². The molecule has 0 spiro atoms. The minimum Gasteiger partial charge on any atom is -0.251 e. The van der Waals surface area contributed by atoms with Crippen LogP contribution in [-0.4, -0.2) is 21.1 Å². The molecule has 0 unspecified atom stereocenters.